The number of hydrogen-bond donors (Lipinski definition) is 4. The molecule has 0 fully saturated rings. The molecule has 0 aliphatic rings. The van der Waals surface area contributed by atoms with E-state index < -0.39 is 26.0 Å². The average Bonchev–Trinajstić information content (AvgIpc) is 1.90. The van der Waals surface area contributed by atoms with E-state index in [9.17, 15) is 4.57 Å². The maximum Gasteiger partial charge on any atom is 0.336 e. The standard InChI is InChI=1S/C5H13O5P/c1-2-5(3-6,4-7)11(8,9)10/h6-7H,2-4H2,1H3,(H2,8,9,10). The van der Waals surface area contributed by atoms with Gasteiger partial charge in [0.2, 0.25) is 0 Å². The molecule has 11 heavy (non-hydrogen) atoms. The van der Waals surface area contributed by atoms with Crippen LogP contribution in [-0.4, -0.2) is 38.4 Å². The maximum atomic E-state index is 10.7. The molecule has 0 saturated carbocycles. The van der Waals surface area contributed by atoms with Crippen molar-refractivity contribution in [2.75, 3.05) is 13.2 Å². The Morgan fingerprint density at radius 3 is 1.64 bits per heavy atom. The molecule has 4 N–H and O–H groups in total. The summed E-state index contributed by atoms with van der Waals surface area (Å²) in [5, 5.41) is 15.7. The van der Waals surface area contributed by atoms with Crippen LogP contribution >= 0.6 is 7.60 Å². The first-order valence-electron chi connectivity index (χ1n) is 3.21. The van der Waals surface area contributed by atoms with Gasteiger partial charge in [0.1, 0.15) is 5.16 Å². The Labute approximate surface area is 64.8 Å². The second-order valence-corrected chi connectivity index (χ2v) is 4.47. The molecule has 0 saturated heterocycles. The highest BCUT2D eigenvalue weighted by molar-refractivity contribution is 7.53. The summed E-state index contributed by atoms with van der Waals surface area (Å²) < 4.78 is 10.7. The minimum Gasteiger partial charge on any atom is -0.395 e. The molecule has 0 radical (unpaired) electrons. The third-order valence-electron chi connectivity index (χ3n) is 1.86. The number of hydrogen-bond acceptors (Lipinski definition) is 3. The molecule has 6 heteroatoms. The highest BCUT2D eigenvalue weighted by Crippen LogP contribution is 2.51. The van der Waals surface area contributed by atoms with E-state index in [0.29, 0.717) is 0 Å². The first-order valence-corrected chi connectivity index (χ1v) is 4.82. The Morgan fingerprint density at radius 2 is 1.64 bits per heavy atom. The third kappa shape index (κ3) is 2.01. The minimum absolute atomic E-state index is 0.0459. The zero-order valence-electron chi connectivity index (χ0n) is 6.27. The highest BCUT2D eigenvalue weighted by atomic mass is 31.2. The molecule has 0 spiro atoms. The van der Waals surface area contributed by atoms with E-state index in [2.05, 4.69) is 0 Å². The minimum atomic E-state index is -4.41. The van der Waals surface area contributed by atoms with Gasteiger partial charge in [0.15, 0.2) is 0 Å². The van der Waals surface area contributed by atoms with Crippen LogP contribution in [0.15, 0.2) is 0 Å². The molecule has 0 aromatic heterocycles. The van der Waals surface area contributed by atoms with Crippen molar-refractivity contribution in [3.63, 3.8) is 0 Å². The van der Waals surface area contributed by atoms with Gasteiger partial charge in [0, 0.05) is 0 Å². The molecule has 0 heterocycles. The molecule has 0 aliphatic carbocycles. The molecule has 0 aromatic carbocycles. The number of aliphatic hydroxyl groups excluding tert-OH is 2. The zero-order valence-corrected chi connectivity index (χ0v) is 7.16. The van der Waals surface area contributed by atoms with E-state index in [-0.39, 0.29) is 6.42 Å². The van der Waals surface area contributed by atoms with Crippen LogP contribution in [0.3, 0.4) is 0 Å². The van der Waals surface area contributed by atoms with E-state index in [4.69, 9.17) is 20.0 Å². The van der Waals surface area contributed by atoms with Crippen molar-refractivity contribution in [3.8, 4) is 0 Å². The molecule has 0 rings (SSSR count). The van der Waals surface area contributed by atoms with Crippen LogP contribution in [0.25, 0.3) is 0 Å². The normalized spacial score (nSPS) is 13.5. The summed E-state index contributed by atoms with van der Waals surface area (Å²) in [6.07, 6.45) is 0.0459. The average molecular weight is 184 g/mol. The Balaban J connectivity index is 4.70. The zero-order chi connectivity index (χ0) is 9.12. The molecule has 5 nitrogen and oxygen atoms in total. The van der Waals surface area contributed by atoms with Crippen LogP contribution < -0.4 is 0 Å². The lowest BCUT2D eigenvalue weighted by Crippen LogP contribution is -2.36. The van der Waals surface area contributed by atoms with E-state index in [1.165, 1.54) is 6.92 Å². The SMILES string of the molecule is CCC(CO)(CO)P(=O)(O)O. The Bertz CT molecular complexity index is 150. The quantitative estimate of drug-likeness (QED) is 0.433. The summed E-state index contributed by atoms with van der Waals surface area (Å²) in [6.45, 7) is 0.0973. The van der Waals surface area contributed by atoms with Crippen LogP contribution in [0, 0.1) is 0 Å². The fraction of sp³-hybridized carbons (Fsp3) is 1.00. The van der Waals surface area contributed by atoms with E-state index >= 15 is 0 Å². The van der Waals surface area contributed by atoms with Gasteiger partial charge in [-0.15, -0.1) is 0 Å². The Hall–Kier alpha value is 0.0700. The van der Waals surface area contributed by atoms with Gasteiger partial charge in [-0.2, -0.15) is 0 Å². The lowest BCUT2D eigenvalue weighted by Gasteiger charge is -2.28. The lowest BCUT2D eigenvalue weighted by molar-refractivity contribution is 0.141. The number of rotatable bonds is 4. The summed E-state index contributed by atoms with van der Waals surface area (Å²) in [4.78, 5) is 17.4. The monoisotopic (exact) mass is 184 g/mol. The van der Waals surface area contributed by atoms with Gasteiger partial charge >= 0.3 is 7.60 Å². The molecular formula is C5H13O5P. The van der Waals surface area contributed by atoms with Crippen LogP contribution in [0.4, 0.5) is 0 Å². The van der Waals surface area contributed by atoms with Gasteiger partial charge in [0.05, 0.1) is 13.2 Å². The predicted octanol–water partition coefficient (Wildman–Crippen LogP) is -0.703. The van der Waals surface area contributed by atoms with Crippen molar-refractivity contribution in [1.29, 1.82) is 0 Å². The van der Waals surface area contributed by atoms with Crippen LogP contribution in [0.2, 0.25) is 0 Å². The van der Waals surface area contributed by atoms with Gasteiger partial charge in [-0.3, -0.25) is 4.57 Å². The molecule has 0 bridgehead atoms. The van der Waals surface area contributed by atoms with Crippen LogP contribution in [0.5, 0.6) is 0 Å². The lowest BCUT2D eigenvalue weighted by atomic mass is 10.1. The maximum absolute atomic E-state index is 10.7. The Kier molecular flexibility index (Phi) is 3.67. The van der Waals surface area contributed by atoms with Crippen LogP contribution in [0.1, 0.15) is 13.3 Å². The van der Waals surface area contributed by atoms with E-state index in [0.717, 1.165) is 0 Å². The molecule has 0 unspecified atom stereocenters. The molecule has 0 atom stereocenters. The largest absolute Gasteiger partial charge is 0.395 e. The summed E-state index contributed by atoms with van der Waals surface area (Å²) in [7, 11) is -4.41. The molecular weight excluding hydrogens is 171 g/mol. The van der Waals surface area contributed by atoms with Crippen molar-refractivity contribution >= 4 is 7.60 Å². The van der Waals surface area contributed by atoms with Gasteiger partial charge in [-0.1, -0.05) is 6.92 Å². The van der Waals surface area contributed by atoms with Crippen molar-refractivity contribution in [2.24, 2.45) is 0 Å². The highest BCUT2D eigenvalue weighted by Gasteiger charge is 2.44. The first kappa shape index (κ1) is 11.1. The smallest absolute Gasteiger partial charge is 0.336 e. The van der Waals surface area contributed by atoms with E-state index in [1.807, 2.05) is 0 Å². The second kappa shape index (κ2) is 3.65. The summed E-state index contributed by atoms with van der Waals surface area (Å²) in [6, 6.07) is 0. The van der Waals surface area contributed by atoms with Gasteiger partial charge in [-0.25, -0.2) is 0 Å². The first-order chi connectivity index (χ1) is 4.93. The van der Waals surface area contributed by atoms with Crippen molar-refractivity contribution < 1.29 is 24.6 Å². The van der Waals surface area contributed by atoms with E-state index in [1.54, 1.807) is 0 Å². The second-order valence-electron chi connectivity index (χ2n) is 2.44. The van der Waals surface area contributed by atoms with Gasteiger partial charge < -0.3 is 20.0 Å². The predicted molar refractivity (Wildman–Crippen MR) is 39.2 cm³/mol. The van der Waals surface area contributed by atoms with Gasteiger partial charge in [0.25, 0.3) is 0 Å². The Morgan fingerprint density at radius 1 is 1.27 bits per heavy atom. The molecule has 0 aromatic rings. The van der Waals surface area contributed by atoms with Crippen molar-refractivity contribution in [2.45, 2.75) is 18.5 Å². The molecule has 68 valence electrons. The van der Waals surface area contributed by atoms with Crippen LogP contribution in [-0.2, 0) is 4.57 Å². The van der Waals surface area contributed by atoms with Crippen molar-refractivity contribution in [1.82, 2.24) is 0 Å². The fourth-order valence-corrected chi connectivity index (χ4v) is 1.44. The van der Waals surface area contributed by atoms with Crippen molar-refractivity contribution in [3.05, 3.63) is 0 Å². The number of aliphatic hydroxyl groups is 2. The topological polar surface area (TPSA) is 98.0 Å². The van der Waals surface area contributed by atoms with Gasteiger partial charge in [-0.05, 0) is 6.42 Å². The fourth-order valence-electron chi connectivity index (χ4n) is 0.664. The molecule has 0 amide bonds. The molecule has 0 aliphatic heterocycles. The third-order valence-corrected chi connectivity index (χ3v) is 3.70. The summed E-state index contributed by atoms with van der Waals surface area (Å²) in [5.41, 5.74) is 0. The summed E-state index contributed by atoms with van der Waals surface area (Å²) in [5.74, 6) is 0. The summed E-state index contributed by atoms with van der Waals surface area (Å²) >= 11 is 0.